The van der Waals surface area contributed by atoms with Crippen molar-refractivity contribution < 1.29 is 4.79 Å². The highest BCUT2D eigenvalue weighted by Gasteiger charge is 2.16. The van der Waals surface area contributed by atoms with Crippen molar-refractivity contribution in [3.05, 3.63) is 65.6 Å². The van der Waals surface area contributed by atoms with Crippen LogP contribution in [-0.2, 0) is 7.05 Å². The van der Waals surface area contributed by atoms with Crippen molar-refractivity contribution in [3.63, 3.8) is 0 Å². The second-order valence-corrected chi connectivity index (χ2v) is 6.20. The van der Waals surface area contributed by atoms with Gasteiger partial charge in [0.05, 0.1) is 5.69 Å². The van der Waals surface area contributed by atoms with E-state index in [2.05, 4.69) is 20.5 Å². The topological polar surface area (TPSA) is 77.1 Å². The van der Waals surface area contributed by atoms with Gasteiger partial charge in [-0.2, -0.15) is 5.10 Å². The molecule has 26 heavy (non-hydrogen) atoms. The number of hydrogen-bond donors (Lipinski definition) is 1. The lowest BCUT2D eigenvalue weighted by Gasteiger charge is -2.01. The summed E-state index contributed by atoms with van der Waals surface area (Å²) in [6.45, 7) is 3.88. The molecule has 0 saturated carbocycles. The van der Waals surface area contributed by atoms with Gasteiger partial charge >= 0.3 is 0 Å². The molecule has 0 atom stereocenters. The maximum absolute atomic E-state index is 12.7. The zero-order valence-electron chi connectivity index (χ0n) is 14.8. The number of amides is 1. The summed E-state index contributed by atoms with van der Waals surface area (Å²) in [7, 11) is 1.75. The quantitative estimate of drug-likeness (QED) is 0.619. The van der Waals surface area contributed by atoms with Crippen molar-refractivity contribution in [2.24, 2.45) is 7.05 Å². The van der Waals surface area contributed by atoms with Crippen LogP contribution in [0.3, 0.4) is 0 Å². The number of carbonyl (C=O) groups excluding carboxylic acids is 1. The summed E-state index contributed by atoms with van der Waals surface area (Å²) in [5, 5.41) is 11.7. The molecule has 4 aromatic rings. The number of anilines is 1. The first kappa shape index (κ1) is 16.0. The molecule has 0 spiro atoms. The SMILES string of the molecule is Cc1cc(C)n2nc(NC(=O)c3cc(-c4ccccc4)nn3C)cc2n1. The maximum atomic E-state index is 12.7. The summed E-state index contributed by atoms with van der Waals surface area (Å²) < 4.78 is 3.28. The lowest BCUT2D eigenvalue weighted by atomic mass is 10.1. The molecule has 0 radical (unpaired) electrons. The van der Waals surface area contributed by atoms with Crippen molar-refractivity contribution in [2.45, 2.75) is 13.8 Å². The van der Waals surface area contributed by atoms with Crippen LogP contribution < -0.4 is 5.32 Å². The summed E-state index contributed by atoms with van der Waals surface area (Å²) in [6.07, 6.45) is 0. The molecular weight excluding hydrogens is 328 g/mol. The summed E-state index contributed by atoms with van der Waals surface area (Å²) in [4.78, 5) is 17.1. The third-order valence-corrected chi connectivity index (χ3v) is 4.16. The van der Waals surface area contributed by atoms with E-state index in [9.17, 15) is 4.79 Å². The normalized spacial score (nSPS) is 11.0. The van der Waals surface area contributed by atoms with Crippen molar-refractivity contribution in [1.82, 2.24) is 24.4 Å². The molecule has 130 valence electrons. The van der Waals surface area contributed by atoms with Crippen molar-refractivity contribution >= 4 is 17.4 Å². The monoisotopic (exact) mass is 346 g/mol. The zero-order valence-corrected chi connectivity index (χ0v) is 14.8. The number of aryl methyl sites for hydroxylation is 3. The van der Waals surface area contributed by atoms with Gasteiger partial charge in [0.2, 0.25) is 0 Å². The van der Waals surface area contributed by atoms with Gasteiger partial charge in [-0.25, -0.2) is 9.50 Å². The van der Waals surface area contributed by atoms with Gasteiger partial charge < -0.3 is 5.32 Å². The second-order valence-electron chi connectivity index (χ2n) is 6.20. The predicted molar refractivity (Wildman–Crippen MR) is 99.1 cm³/mol. The zero-order chi connectivity index (χ0) is 18.3. The Kier molecular flexibility index (Phi) is 3.76. The first-order valence-corrected chi connectivity index (χ1v) is 8.26. The molecule has 3 aromatic heterocycles. The number of fused-ring (bicyclic) bond motifs is 1. The Balaban J connectivity index is 1.63. The van der Waals surface area contributed by atoms with E-state index in [0.29, 0.717) is 17.2 Å². The average molecular weight is 346 g/mol. The molecule has 7 nitrogen and oxygen atoms in total. The number of benzene rings is 1. The Morgan fingerprint density at radius 3 is 2.58 bits per heavy atom. The molecule has 0 unspecified atom stereocenters. The number of rotatable bonds is 3. The summed E-state index contributed by atoms with van der Waals surface area (Å²) in [5.41, 5.74) is 4.74. The van der Waals surface area contributed by atoms with E-state index >= 15 is 0 Å². The van der Waals surface area contributed by atoms with Gasteiger partial charge in [-0.3, -0.25) is 9.48 Å². The van der Waals surface area contributed by atoms with Crippen LogP contribution >= 0.6 is 0 Å². The second kappa shape index (κ2) is 6.11. The Bertz CT molecular complexity index is 1110. The van der Waals surface area contributed by atoms with E-state index < -0.39 is 0 Å². The molecule has 0 aliphatic carbocycles. The summed E-state index contributed by atoms with van der Waals surface area (Å²) in [5.74, 6) is 0.193. The molecule has 0 bridgehead atoms. The highest BCUT2D eigenvalue weighted by Crippen LogP contribution is 2.19. The van der Waals surface area contributed by atoms with Gasteiger partial charge in [0.15, 0.2) is 11.5 Å². The maximum Gasteiger partial charge on any atom is 0.275 e. The summed E-state index contributed by atoms with van der Waals surface area (Å²) >= 11 is 0. The van der Waals surface area contributed by atoms with Crippen LogP contribution in [0.5, 0.6) is 0 Å². The van der Waals surface area contributed by atoms with E-state index in [1.807, 2.05) is 50.2 Å². The fourth-order valence-corrected chi connectivity index (χ4v) is 2.96. The van der Waals surface area contributed by atoms with Crippen molar-refractivity contribution in [1.29, 1.82) is 0 Å². The van der Waals surface area contributed by atoms with Gasteiger partial charge in [0, 0.05) is 30.1 Å². The molecule has 1 amide bonds. The molecule has 0 aliphatic rings. The van der Waals surface area contributed by atoms with Crippen LogP contribution in [0.4, 0.5) is 5.82 Å². The molecule has 0 fully saturated rings. The minimum absolute atomic E-state index is 0.264. The third kappa shape index (κ3) is 2.83. The van der Waals surface area contributed by atoms with Crippen LogP contribution in [0.1, 0.15) is 21.9 Å². The average Bonchev–Trinajstić information content (AvgIpc) is 3.19. The van der Waals surface area contributed by atoms with Crippen molar-refractivity contribution in [3.8, 4) is 11.3 Å². The lowest BCUT2D eigenvalue weighted by molar-refractivity contribution is 0.101. The number of hydrogen-bond acceptors (Lipinski definition) is 4. The smallest absolute Gasteiger partial charge is 0.275 e. The molecule has 0 saturated heterocycles. The molecule has 1 N–H and O–H groups in total. The fraction of sp³-hybridized carbons (Fsp3) is 0.158. The van der Waals surface area contributed by atoms with E-state index in [1.165, 1.54) is 0 Å². The van der Waals surface area contributed by atoms with Gasteiger partial charge in [0.25, 0.3) is 5.91 Å². The molecule has 3 heterocycles. The van der Waals surface area contributed by atoms with E-state index in [4.69, 9.17) is 0 Å². The third-order valence-electron chi connectivity index (χ3n) is 4.16. The highest BCUT2D eigenvalue weighted by atomic mass is 16.2. The van der Waals surface area contributed by atoms with Gasteiger partial charge in [-0.1, -0.05) is 30.3 Å². The van der Waals surface area contributed by atoms with Crippen LogP contribution in [0.2, 0.25) is 0 Å². The molecular formula is C19H18N6O. The number of nitrogens with zero attached hydrogens (tertiary/aromatic N) is 5. The molecule has 1 aromatic carbocycles. The van der Waals surface area contributed by atoms with E-state index in [0.717, 1.165) is 22.6 Å². The highest BCUT2D eigenvalue weighted by molar-refractivity contribution is 6.03. The number of aromatic nitrogens is 5. The van der Waals surface area contributed by atoms with Crippen molar-refractivity contribution in [2.75, 3.05) is 5.32 Å². The minimum atomic E-state index is -0.264. The van der Waals surface area contributed by atoms with E-state index in [1.54, 1.807) is 28.4 Å². The molecule has 0 aliphatic heterocycles. The summed E-state index contributed by atoms with van der Waals surface area (Å²) in [6, 6.07) is 15.2. The van der Waals surface area contributed by atoms with Gasteiger partial charge in [-0.15, -0.1) is 5.10 Å². The van der Waals surface area contributed by atoms with Crippen LogP contribution in [0.25, 0.3) is 16.9 Å². The van der Waals surface area contributed by atoms with Crippen LogP contribution in [-0.4, -0.2) is 30.3 Å². The first-order chi connectivity index (χ1) is 12.5. The first-order valence-electron chi connectivity index (χ1n) is 8.26. The lowest BCUT2D eigenvalue weighted by Crippen LogP contribution is -2.16. The van der Waals surface area contributed by atoms with E-state index in [-0.39, 0.29) is 5.91 Å². The Morgan fingerprint density at radius 2 is 1.81 bits per heavy atom. The predicted octanol–water partition coefficient (Wildman–Crippen LogP) is 3.00. The fourth-order valence-electron chi connectivity index (χ4n) is 2.96. The molecule has 4 rings (SSSR count). The minimum Gasteiger partial charge on any atom is -0.304 e. The number of carbonyl (C=O) groups is 1. The Labute approximate surface area is 150 Å². The largest absolute Gasteiger partial charge is 0.304 e. The Hall–Kier alpha value is -3.48. The van der Waals surface area contributed by atoms with Gasteiger partial charge in [0.1, 0.15) is 5.69 Å². The van der Waals surface area contributed by atoms with Crippen LogP contribution in [0, 0.1) is 13.8 Å². The van der Waals surface area contributed by atoms with Gasteiger partial charge in [-0.05, 0) is 26.0 Å². The molecule has 7 heteroatoms. The Morgan fingerprint density at radius 1 is 1.04 bits per heavy atom. The standard InChI is InChI=1S/C19H18N6O/c1-12-9-13(2)25-18(20-12)11-17(23-25)21-19(26)16-10-15(22-24(16)3)14-7-5-4-6-8-14/h4-11H,1-3H3,(H,21,23,26). The number of nitrogens with one attached hydrogen (secondary N) is 1. The van der Waals surface area contributed by atoms with Crippen LogP contribution in [0.15, 0.2) is 48.5 Å².